The van der Waals surface area contributed by atoms with Crippen molar-refractivity contribution in [3.05, 3.63) is 10.6 Å². The lowest BCUT2D eigenvalue weighted by Gasteiger charge is -2.46. The molecule has 0 saturated carbocycles. The number of hydrogen-bond donors (Lipinski definition) is 2. The fourth-order valence-corrected chi connectivity index (χ4v) is 5.60. The largest absolute Gasteiger partial charge is 0.477 e. The van der Waals surface area contributed by atoms with Gasteiger partial charge in [0.1, 0.15) is 5.70 Å². The molecule has 2 amide bonds. The SMILES string of the molecule is CC(=O)N1CCC(SC2=C(C(=O)O)N3C(=O)[C@H]([C@@H](C)O)[C@H]3[C@H]2C)CC1. The highest BCUT2D eigenvalue weighted by Gasteiger charge is 2.60. The first-order valence-corrected chi connectivity index (χ1v) is 9.52. The number of carboxylic acids is 1. The summed E-state index contributed by atoms with van der Waals surface area (Å²) in [5.74, 6) is -1.94. The van der Waals surface area contributed by atoms with Gasteiger partial charge in [-0.3, -0.25) is 9.59 Å². The maximum absolute atomic E-state index is 12.3. The molecule has 3 aliphatic heterocycles. The minimum absolute atomic E-state index is 0.0673. The predicted molar refractivity (Wildman–Crippen MR) is 92.5 cm³/mol. The van der Waals surface area contributed by atoms with Crippen molar-refractivity contribution in [1.82, 2.24) is 9.80 Å². The van der Waals surface area contributed by atoms with Crippen LogP contribution in [0, 0.1) is 11.8 Å². The predicted octanol–water partition coefficient (Wildman–Crippen LogP) is 0.884. The number of likely N-dealkylation sites (tertiary alicyclic amines) is 1. The lowest BCUT2D eigenvalue weighted by molar-refractivity contribution is -0.163. The summed E-state index contributed by atoms with van der Waals surface area (Å²) in [5, 5.41) is 19.7. The van der Waals surface area contributed by atoms with Crippen molar-refractivity contribution < 1.29 is 24.6 Å². The van der Waals surface area contributed by atoms with Gasteiger partial charge in [0.2, 0.25) is 11.8 Å². The molecule has 25 heavy (non-hydrogen) atoms. The second-order valence-electron chi connectivity index (χ2n) is 7.10. The number of amides is 2. The molecule has 0 aromatic rings. The fraction of sp³-hybridized carbons (Fsp3) is 0.706. The Kier molecular flexibility index (Phi) is 4.85. The Hall–Kier alpha value is -1.54. The molecule has 3 aliphatic rings. The van der Waals surface area contributed by atoms with Crippen molar-refractivity contribution in [2.24, 2.45) is 11.8 Å². The van der Waals surface area contributed by atoms with Gasteiger partial charge in [-0.05, 0) is 19.8 Å². The number of fused-ring (bicyclic) bond motifs is 1. The Bertz CT molecular complexity index is 639. The molecule has 4 atom stereocenters. The number of carboxylic acid groups (broad SMARTS) is 1. The summed E-state index contributed by atoms with van der Waals surface area (Å²) in [7, 11) is 0. The minimum Gasteiger partial charge on any atom is -0.477 e. The molecule has 0 spiro atoms. The highest BCUT2D eigenvalue weighted by Crippen LogP contribution is 2.51. The molecule has 2 fully saturated rings. The van der Waals surface area contributed by atoms with E-state index < -0.39 is 18.0 Å². The molecule has 0 aromatic heterocycles. The summed E-state index contributed by atoms with van der Waals surface area (Å²) >= 11 is 1.54. The maximum atomic E-state index is 12.3. The van der Waals surface area contributed by atoms with Gasteiger partial charge in [-0.25, -0.2) is 4.79 Å². The van der Waals surface area contributed by atoms with E-state index in [1.807, 2.05) is 11.8 Å². The van der Waals surface area contributed by atoms with Crippen molar-refractivity contribution >= 4 is 29.5 Å². The Morgan fingerprint density at radius 1 is 1.28 bits per heavy atom. The van der Waals surface area contributed by atoms with Gasteiger partial charge < -0.3 is 20.0 Å². The van der Waals surface area contributed by atoms with E-state index in [1.165, 1.54) is 16.7 Å². The fourth-order valence-electron chi connectivity index (χ4n) is 4.15. The van der Waals surface area contributed by atoms with E-state index in [9.17, 15) is 24.6 Å². The van der Waals surface area contributed by atoms with E-state index in [0.29, 0.717) is 13.1 Å². The van der Waals surface area contributed by atoms with E-state index >= 15 is 0 Å². The standard InChI is InChI=1S/C17H24N2O5S/c1-8-13-12(9(2)20)16(22)19(13)14(17(23)24)15(8)25-11-4-6-18(7-5-11)10(3)21/h8-9,11-13,20H,4-7H2,1-3H3,(H,23,24)/t8-,9-,12-,13-/m1/s1. The molecule has 0 bridgehead atoms. The maximum Gasteiger partial charge on any atom is 0.353 e. The highest BCUT2D eigenvalue weighted by atomic mass is 32.2. The topological polar surface area (TPSA) is 98.2 Å². The zero-order valence-electron chi connectivity index (χ0n) is 14.6. The van der Waals surface area contributed by atoms with Crippen LogP contribution in [0.2, 0.25) is 0 Å². The normalized spacial score (nSPS) is 31.0. The van der Waals surface area contributed by atoms with Crippen LogP contribution in [0.3, 0.4) is 0 Å². The third-order valence-electron chi connectivity index (χ3n) is 5.49. The second kappa shape index (κ2) is 6.64. The first-order chi connectivity index (χ1) is 11.7. The van der Waals surface area contributed by atoms with Crippen LogP contribution < -0.4 is 0 Å². The number of carbonyl (C=O) groups is 3. The van der Waals surface area contributed by atoms with Crippen molar-refractivity contribution in [3.8, 4) is 0 Å². The van der Waals surface area contributed by atoms with E-state index in [0.717, 1.165) is 17.7 Å². The quantitative estimate of drug-likeness (QED) is 0.715. The Labute approximate surface area is 151 Å². The molecule has 2 saturated heterocycles. The van der Waals surface area contributed by atoms with Crippen molar-refractivity contribution in [1.29, 1.82) is 0 Å². The lowest BCUT2D eigenvalue weighted by atomic mass is 9.79. The van der Waals surface area contributed by atoms with Gasteiger partial charge in [0.15, 0.2) is 0 Å². The Balaban J connectivity index is 1.77. The number of thioether (sulfide) groups is 1. The number of aliphatic carboxylic acids is 1. The molecule has 0 aliphatic carbocycles. The van der Waals surface area contributed by atoms with Crippen LogP contribution in [-0.2, 0) is 14.4 Å². The van der Waals surface area contributed by atoms with Crippen LogP contribution in [-0.4, -0.2) is 68.3 Å². The van der Waals surface area contributed by atoms with Crippen LogP contribution in [0.1, 0.15) is 33.6 Å². The van der Waals surface area contributed by atoms with E-state index in [4.69, 9.17) is 0 Å². The van der Waals surface area contributed by atoms with Gasteiger partial charge in [-0.15, -0.1) is 11.8 Å². The zero-order chi connectivity index (χ0) is 18.5. The Morgan fingerprint density at radius 3 is 2.36 bits per heavy atom. The lowest BCUT2D eigenvalue weighted by Crippen LogP contribution is -2.63. The van der Waals surface area contributed by atoms with Crippen molar-refractivity contribution in [3.63, 3.8) is 0 Å². The smallest absolute Gasteiger partial charge is 0.353 e. The number of β-lactam (4-membered cyclic amide) rings is 1. The molecule has 2 N–H and O–H groups in total. The molecule has 7 nitrogen and oxygen atoms in total. The van der Waals surface area contributed by atoms with Crippen LogP contribution in [0.25, 0.3) is 0 Å². The Morgan fingerprint density at radius 2 is 1.88 bits per heavy atom. The van der Waals surface area contributed by atoms with Gasteiger partial charge in [-0.2, -0.15) is 0 Å². The van der Waals surface area contributed by atoms with E-state index in [2.05, 4.69) is 0 Å². The summed E-state index contributed by atoms with van der Waals surface area (Å²) in [4.78, 5) is 39.4. The third kappa shape index (κ3) is 2.95. The van der Waals surface area contributed by atoms with Crippen LogP contribution in [0.4, 0.5) is 0 Å². The molecule has 8 heteroatoms. The molecule has 3 heterocycles. The molecule has 0 aromatic carbocycles. The number of rotatable bonds is 4. The average molecular weight is 368 g/mol. The van der Waals surface area contributed by atoms with Crippen LogP contribution in [0.15, 0.2) is 10.6 Å². The summed E-state index contributed by atoms with van der Waals surface area (Å²) in [6.07, 6.45) is 0.840. The molecular weight excluding hydrogens is 344 g/mol. The van der Waals surface area contributed by atoms with E-state index in [1.54, 1.807) is 13.8 Å². The summed E-state index contributed by atoms with van der Waals surface area (Å²) in [5.41, 5.74) is 0.0818. The van der Waals surface area contributed by atoms with Gasteiger partial charge in [0, 0.05) is 36.1 Å². The molecule has 0 radical (unpaired) electrons. The first kappa shape index (κ1) is 18.3. The van der Waals surface area contributed by atoms with Gasteiger partial charge in [0.05, 0.1) is 18.1 Å². The zero-order valence-corrected chi connectivity index (χ0v) is 15.5. The average Bonchev–Trinajstić information content (AvgIpc) is 2.77. The molecular formula is C17H24N2O5S. The molecule has 3 rings (SSSR count). The number of nitrogens with zero attached hydrogens (tertiary/aromatic N) is 2. The highest BCUT2D eigenvalue weighted by molar-refractivity contribution is 8.03. The molecule has 138 valence electrons. The minimum atomic E-state index is -1.09. The number of hydrogen-bond acceptors (Lipinski definition) is 5. The molecule has 0 unspecified atom stereocenters. The number of carbonyl (C=O) groups excluding carboxylic acids is 2. The second-order valence-corrected chi connectivity index (χ2v) is 8.44. The summed E-state index contributed by atoms with van der Waals surface area (Å²) in [6.45, 7) is 6.43. The van der Waals surface area contributed by atoms with E-state index in [-0.39, 0.29) is 34.7 Å². The van der Waals surface area contributed by atoms with Crippen LogP contribution in [0.5, 0.6) is 0 Å². The number of piperidine rings is 1. The monoisotopic (exact) mass is 368 g/mol. The summed E-state index contributed by atoms with van der Waals surface area (Å²) in [6, 6.07) is -0.265. The summed E-state index contributed by atoms with van der Waals surface area (Å²) < 4.78 is 0. The third-order valence-corrected chi connectivity index (χ3v) is 7.12. The number of aliphatic hydroxyl groups excluding tert-OH is 1. The number of aliphatic hydroxyl groups is 1. The van der Waals surface area contributed by atoms with Gasteiger partial charge >= 0.3 is 5.97 Å². The van der Waals surface area contributed by atoms with Crippen molar-refractivity contribution in [2.75, 3.05) is 13.1 Å². The van der Waals surface area contributed by atoms with Gasteiger partial charge in [-0.1, -0.05) is 6.92 Å². The van der Waals surface area contributed by atoms with Crippen molar-refractivity contribution in [2.45, 2.75) is 51.0 Å². The first-order valence-electron chi connectivity index (χ1n) is 8.64. The van der Waals surface area contributed by atoms with Gasteiger partial charge in [0.25, 0.3) is 0 Å². The van der Waals surface area contributed by atoms with Crippen LogP contribution >= 0.6 is 11.8 Å².